The van der Waals surface area contributed by atoms with Crippen molar-refractivity contribution in [1.82, 2.24) is 5.32 Å². The van der Waals surface area contributed by atoms with Gasteiger partial charge in [-0.25, -0.2) is 4.39 Å². The third-order valence-electron chi connectivity index (χ3n) is 2.07. The number of halogens is 2. The first-order valence-corrected chi connectivity index (χ1v) is 4.72. The van der Waals surface area contributed by atoms with Gasteiger partial charge in [0.05, 0.1) is 6.04 Å². The van der Waals surface area contributed by atoms with Crippen molar-refractivity contribution in [2.45, 2.75) is 13.0 Å². The highest BCUT2D eigenvalue weighted by Crippen LogP contribution is 2.29. The van der Waals surface area contributed by atoms with E-state index < -0.39 is 0 Å². The normalized spacial score (nSPS) is 12.6. The van der Waals surface area contributed by atoms with Gasteiger partial charge in [0.2, 0.25) is 0 Å². The molecule has 1 aromatic rings. The van der Waals surface area contributed by atoms with E-state index in [1.807, 2.05) is 6.92 Å². The molecular weight excluding hydrogens is 201 g/mol. The summed E-state index contributed by atoms with van der Waals surface area (Å²) in [6.07, 6.45) is 0. The third kappa shape index (κ3) is 2.14. The van der Waals surface area contributed by atoms with Crippen LogP contribution in [0.15, 0.2) is 30.4 Å². The summed E-state index contributed by atoms with van der Waals surface area (Å²) in [6.45, 7) is 5.63. The van der Waals surface area contributed by atoms with E-state index in [0.29, 0.717) is 10.6 Å². The molecule has 0 fully saturated rings. The highest BCUT2D eigenvalue weighted by atomic mass is 35.5. The summed E-state index contributed by atoms with van der Waals surface area (Å²) in [6, 6.07) is 4.43. The number of likely N-dealkylation sites (N-methyl/N-ethyl adjacent to an activating group) is 1. The fourth-order valence-electron chi connectivity index (χ4n) is 1.42. The van der Waals surface area contributed by atoms with E-state index >= 15 is 0 Å². The molecule has 0 saturated carbocycles. The summed E-state index contributed by atoms with van der Waals surface area (Å²) in [5.41, 5.74) is 1.30. The van der Waals surface area contributed by atoms with Crippen LogP contribution in [0.2, 0.25) is 5.02 Å². The number of hydrogen-bond acceptors (Lipinski definition) is 1. The maximum atomic E-state index is 13.5. The van der Waals surface area contributed by atoms with Crippen LogP contribution >= 0.6 is 11.6 Å². The second kappa shape index (κ2) is 4.58. The largest absolute Gasteiger partial charge is 0.309 e. The number of benzene rings is 1. The molecule has 0 aliphatic heterocycles. The van der Waals surface area contributed by atoms with Crippen LogP contribution in [0.4, 0.5) is 4.39 Å². The lowest BCUT2D eigenvalue weighted by molar-refractivity contribution is 0.573. The molecule has 1 unspecified atom stereocenters. The molecule has 1 atom stereocenters. The van der Waals surface area contributed by atoms with Gasteiger partial charge in [-0.3, -0.25) is 0 Å². The van der Waals surface area contributed by atoms with Crippen LogP contribution in [0.25, 0.3) is 0 Å². The van der Waals surface area contributed by atoms with Crippen molar-refractivity contribution in [2.24, 2.45) is 0 Å². The minimum Gasteiger partial charge on any atom is -0.309 e. The molecule has 0 aliphatic rings. The Morgan fingerprint density at radius 3 is 2.64 bits per heavy atom. The third-order valence-corrected chi connectivity index (χ3v) is 2.40. The average molecular weight is 214 g/mol. The van der Waals surface area contributed by atoms with Gasteiger partial charge in [-0.2, -0.15) is 0 Å². The fourth-order valence-corrected chi connectivity index (χ4v) is 1.70. The summed E-state index contributed by atoms with van der Waals surface area (Å²) in [4.78, 5) is 0. The van der Waals surface area contributed by atoms with Crippen LogP contribution in [-0.2, 0) is 0 Å². The van der Waals surface area contributed by atoms with Crippen LogP contribution in [0.5, 0.6) is 0 Å². The quantitative estimate of drug-likeness (QED) is 0.760. The molecule has 14 heavy (non-hydrogen) atoms. The van der Waals surface area contributed by atoms with Gasteiger partial charge in [0.25, 0.3) is 0 Å². The topological polar surface area (TPSA) is 12.0 Å². The second-order valence-corrected chi connectivity index (χ2v) is 3.61. The standard InChI is InChI=1S/C11H13ClFN/c1-7(2)11(14-3)10-8(12)5-4-6-9(10)13/h4-6,11,14H,1H2,2-3H3. The predicted molar refractivity (Wildman–Crippen MR) is 58.0 cm³/mol. The van der Waals surface area contributed by atoms with Crippen LogP contribution < -0.4 is 5.32 Å². The smallest absolute Gasteiger partial charge is 0.129 e. The zero-order valence-corrected chi connectivity index (χ0v) is 9.03. The minimum atomic E-state index is -0.306. The molecule has 0 radical (unpaired) electrons. The Labute approximate surface area is 88.6 Å². The predicted octanol–water partition coefficient (Wildman–Crippen LogP) is 3.32. The SMILES string of the molecule is C=C(C)C(NC)c1c(F)cccc1Cl. The van der Waals surface area contributed by atoms with Gasteiger partial charge in [0.15, 0.2) is 0 Å². The highest BCUT2D eigenvalue weighted by molar-refractivity contribution is 6.31. The molecule has 3 heteroatoms. The maximum Gasteiger partial charge on any atom is 0.129 e. The van der Waals surface area contributed by atoms with Gasteiger partial charge < -0.3 is 5.32 Å². The van der Waals surface area contributed by atoms with Crippen LogP contribution in [-0.4, -0.2) is 7.05 Å². The lowest BCUT2D eigenvalue weighted by Crippen LogP contribution is -2.18. The lowest BCUT2D eigenvalue weighted by atomic mass is 10.0. The Balaban J connectivity index is 3.22. The summed E-state index contributed by atoms with van der Waals surface area (Å²) in [5, 5.41) is 3.40. The molecule has 0 amide bonds. The Kier molecular flexibility index (Phi) is 3.67. The monoisotopic (exact) mass is 213 g/mol. The first-order valence-electron chi connectivity index (χ1n) is 4.34. The van der Waals surface area contributed by atoms with Crippen molar-refractivity contribution in [3.63, 3.8) is 0 Å². The number of rotatable bonds is 3. The molecule has 0 bridgehead atoms. The van der Waals surface area contributed by atoms with E-state index in [9.17, 15) is 4.39 Å². The molecule has 1 rings (SSSR count). The zero-order valence-electron chi connectivity index (χ0n) is 8.27. The van der Waals surface area contributed by atoms with Crippen LogP contribution in [0.1, 0.15) is 18.5 Å². The van der Waals surface area contributed by atoms with Crippen LogP contribution in [0, 0.1) is 5.82 Å². The zero-order chi connectivity index (χ0) is 10.7. The minimum absolute atomic E-state index is 0.233. The van der Waals surface area contributed by atoms with E-state index in [1.54, 1.807) is 19.2 Å². The van der Waals surface area contributed by atoms with Gasteiger partial charge in [-0.15, -0.1) is 0 Å². The molecule has 0 aromatic heterocycles. The number of hydrogen-bond donors (Lipinski definition) is 1. The second-order valence-electron chi connectivity index (χ2n) is 3.20. The summed E-state index contributed by atoms with van der Waals surface area (Å²) >= 11 is 5.93. The van der Waals surface area contributed by atoms with Gasteiger partial charge in [-0.05, 0) is 26.1 Å². The first kappa shape index (κ1) is 11.2. The fraction of sp³-hybridized carbons (Fsp3) is 0.273. The van der Waals surface area contributed by atoms with Crippen molar-refractivity contribution in [1.29, 1.82) is 0 Å². The van der Waals surface area contributed by atoms with Crippen molar-refractivity contribution >= 4 is 11.6 Å². The molecule has 0 spiro atoms. The molecule has 76 valence electrons. The Morgan fingerprint density at radius 2 is 2.21 bits per heavy atom. The summed E-state index contributed by atoms with van der Waals surface area (Å²) in [5.74, 6) is -0.306. The lowest BCUT2D eigenvalue weighted by Gasteiger charge is -2.18. The van der Waals surface area contributed by atoms with E-state index in [4.69, 9.17) is 11.6 Å². The van der Waals surface area contributed by atoms with Gasteiger partial charge in [0, 0.05) is 10.6 Å². The van der Waals surface area contributed by atoms with Gasteiger partial charge in [0.1, 0.15) is 5.82 Å². The van der Waals surface area contributed by atoms with Crippen molar-refractivity contribution in [3.8, 4) is 0 Å². The van der Waals surface area contributed by atoms with Gasteiger partial charge in [-0.1, -0.05) is 29.8 Å². The van der Waals surface area contributed by atoms with E-state index in [1.165, 1.54) is 6.07 Å². The summed E-state index contributed by atoms with van der Waals surface area (Å²) < 4.78 is 13.5. The van der Waals surface area contributed by atoms with Crippen molar-refractivity contribution < 1.29 is 4.39 Å². The molecule has 1 nitrogen and oxygen atoms in total. The molecular formula is C11H13ClFN. The van der Waals surface area contributed by atoms with Gasteiger partial charge >= 0.3 is 0 Å². The Hall–Kier alpha value is -0.860. The Morgan fingerprint density at radius 1 is 1.57 bits per heavy atom. The summed E-state index contributed by atoms with van der Waals surface area (Å²) in [7, 11) is 1.75. The molecule has 0 aliphatic carbocycles. The molecule has 0 heterocycles. The maximum absolute atomic E-state index is 13.5. The first-order chi connectivity index (χ1) is 6.57. The average Bonchev–Trinajstić information content (AvgIpc) is 2.10. The van der Waals surface area contributed by atoms with E-state index in [2.05, 4.69) is 11.9 Å². The van der Waals surface area contributed by atoms with E-state index in [-0.39, 0.29) is 11.9 Å². The van der Waals surface area contributed by atoms with Crippen LogP contribution in [0.3, 0.4) is 0 Å². The highest BCUT2D eigenvalue weighted by Gasteiger charge is 2.17. The Bertz CT molecular complexity index is 329. The number of nitrogens with one attached hydrogen (secondary N) is 1. The molecule has 0 saturated heterocycles. The molecule has 1 N–H and O–H groups in total. The van der Waals surface area contributed by atoms with E-state index in [0.717, 1.165) is 5.57 Å². The van der Waals surface area contributed by atoms with Crippen molar-refractivity contribution in [2.75, 3.05) is 7.05 Å². The molecule has 1 aromatic carbocycles. The van der Waals surface area contributed by atoms with Crippen molar-refractivity contribution in [3.05, 3.63) is 46.8 Å².